The largest absolute Gasteiger partial charge is 0.478 e. The second-order valence-corrected chi connectivity index (χ2v) is 4.99. The molecule has 0 amide bonds. The Morgan fingerprint density at radius 2 is 2.17 bits per heavy atom. The molecule has 0 fully saturated rings. The molecule has 0 unspecified atom stereocenters. The number of aromatic carboxylic acids is 1. The fraction of sp³-hybridized carbons (Fsp3) is 0.308. The van der Waals surface area contributed by atoms with Crippen LogP contribution in [-0.4, -0.2) is 15.6 Å². The number of rotatable bonds is 3. The maximum absolute atomic E-state index is 13.2. The number of carboxylic acid groups (broad SMARTS) is 1. The van der Waals surface area contributed by atoms with E-state index >= 15 is 0 Å². The van der Waals surface area contributed by atoms with E-state index in [0.717, 1.165) is 0 Å². The molecule has 1 N–H and O–H groups in total. The Bertz CT molecular complexity index is 619. The summed E-state index contributed by atoms with van der Waals surface area (Å²) in [5, 5.41) is 9.67. The zero-order chi connectivity index (χ0) is 13.4. The van der Waals surface area contributed by atoms with Crippen LogP contribution in [0, 0.1) is 11.7 Å². The molecule has 0 aliphatic rings. The molecular weight excluding hydrogens is 257 g/mol. The van der Waals surface area contributed by atoms with E-state index in [1.54, 1.807) is 10.6 Å². The number of fused-ring (bicyclic) bond motifs is 1. The van der Waals surface area contributed by atoms with Crippen molar-refractivity contribution in [3.8, 4) is 0 Å². The predicted octanol–water partition coefficient (Wildman–Crippen LogP) is 3.79. The van der Waals surface area contributed by atoms with Crippen molar-refractivity contribution in [1.29, 1.82) is 0 Å². The molecule has 0 atom stereocenters. The lowest BCUT2D eigenvalue weighted by molar-refractivity contribution is 0.0699. The first kappa shape index (κ1) is 12.9. The second-order valence-electron chi connectivity index (χ2n) is 4.64. The summed E-state index contributed by atoms with van der Waals surface area (Å²) in [5.41, 5.74) is 0.610. The number of carboxylic acids is 1. The number of benzene rings is 1. The number of hydrogen-bond acceptors (Lipinski definition) is 1. The monoisotopic (exact) mass is 269 g/mol. The average Bonchev–Trinajstić information content (AvgIpc) is 2.50. The summed E-state index contributed by atoms with van der Waals surface area (Å²) >= 11 is 6.10. The van der Waals surface area contributed by atoms with Crippen molar-refractivity contribution in [2.24, 2.45) is 5.92 Å². The Morgan fingerprint density at radius 3 is 2.72 bits per heavy atom. The Kier molecular flexibility index (Phi) is 3.30. The van der Waals surface area contributed by atoms with Gasteiger partial charge in [-0.15, -0.1) is 0 Å². The molecule has 2 rings (SSSR count). The van der Waals surface area contributed by atoms with Crippen LogP contribution in [0.1, 0.15) is 24.2 Å². The minimum absolute atomic E-state index is 0.0354. The van der Waals surface area contributed by atoms with Crippen LogP contribution in [0.3, 0.4) is 0 Å². The molecule has 0 aliphatic heterocycles. The first-order valence-corrected chi connectivity index (χ1v) is 6.00. The van der Waals surface area contributed by atoms with E-state index in [2.05, 4.69) is 0 Å². The van der Waals surface area contributed by atoms with Gasteiger partial charge in [0.2, 0.25) is 0 Å². The molecule has 0 saturated heterocycles. The summed E-state index contributed by atoms with van der Waals surface area (Å²) in [6.45, 7) is 4.60. The van der Waals surface area contributed by atoms with E-state index in [1.165, 1.54) is 12.1 Å². The zero-order valence-electron chi connectivity index (χ0n) is 10.1. The molecule has 0 radical (unpaired) electrons. The topological polar surface area (TPSA) is 42.2 Å². The van der Waals surface area contributed by atoms with Gasteiger partial charge in [-0.05, 0) is 24.1 Å². The molecule has 1 heterocycles. The molecule has 5 heteroatoms. The van der Waals surface area contributed by atoms with Crippen molar-refractivity contribution in [3.05, 3.63) is 34.7 Å². The van der Waals surface area contributed by atoms with E-state index in [0.29, 0.717) is 23.4 Å². The van der Waals surface area contributed by atoms with Crippen molar-refractivity contribution >= 4 is 28.5 Å². The Balaban J connectivity index is 2.78. The smallest absolute Gasteiger partial charge is 0.339 e. The van der Waals surface area contributed by atoms with Crippen LogP contribution < -0.4 is 0 Å². The van der Waals surface area contributed by atoms with E-state index < -0.39 is 11.8 Å². The first-order valence-electron chi connectivity index (χ1n) is 5.62. The number of aromatic nitrogens is 1. The quantitative estimate of drug-likeness (QED) is 0.921. The van der Waals surface area contributed by atoms with Crippen LogP contribution in [0.25, 0.3) is 10.9 Å². The summed E-state index contributed by atoms with van der Waals surface area (Å²) in [4.78, 5) is 11.2. The Morgan fingerprint density at radius 1 is 1.50 bits per heavy atom. The van der Waals surface area contributed by atoms with Crippen LogP contribution in [0.15, 0.2) is 18.2 Å². The maximum atomic E-state index is 13.2. The summed E-state index contributed by atoms with van der Waals surface area (Å²) in [6, 6.07) is 4.08. The first-order chi connectivity index (χ1) is 8.41. The highest BCUT2D eigenvalue weighted by molar-refractivity contribution is 6.35. The normalized spacial score (nSPS) is 11.4. The molecule has 18 heavy (non-hydrogen) atoms. The van der Waals surface area contributed by atoms with Crippen molar-refractivity contribution in [1.82, 2.24) is 4.57 Å². The van der Waals surface area contributed by atoms with Crippen molar-refractivity contribution < 1.29 is 14.3 Å². The number of hydrogen-bond donors (Lipinski definition) is 1. The molecular formula is C13H13ClFNO2. The summed E-state index contributed by atoms with van der Waals surface area (Å²) < 4.78 is 15.0. The Hall–Kier alpha value is -1.55. The molecule has 1 aromatic carbocycles. The standard InChI is InChI=1S/C13H13ClFNO2/c1-7(2)6-16-10-4-3-8(15)5-9(10)11(12(16)14)13(17)18/h3-5,7H,6H2,1-2H3,(H,17,18). The molecule has 0 spiro atoms. The fourth-order valence-electron chi connectivity index (χ4n) is 2.04. The van der Waals surface area contributed by atoms with Crippen LogP contribution in [-0.2, 0) is 6.54 Å². The molecule has 96 valence electrons. The van der Waals surface area contributed by atoms with Crippen LogP contribution >= 0.6 is 11.6 Å². The molecule has 0 bridgehead atoms. The third kappa shape index (κ3) is 2.08. The SMILES string of the molecule is CC(C)Cn1c(Cl)c(C(=O)O)c2cc(F)ccc21. The second kappa shape index (κ2) is 4.61. The van der Waals surface area contributed by atoms with Crippen molar-refractivity contribution in [2.75, 3.05) is 0 Å². The molecule has 3 nitrogen and oxygen atoms in total. The lowest BCUT2D eigenvalue weighted by Gasteiger charge is -2.09. The predicted molar refractivity (Wildman–Crippen MR) is 68.7 cm³/mol. The van der Waals surface area contributed by atoms with E-state index in [1.807, 2.05) is 13.8 Å². The van der Waals surface area contributed by atoms with Gasteiger partial charge in [-0.25, -0.2) is 9.18 Å². The minimum Gasteiger partial charge on any atom is -0.478 e. The third-order valence-electron chi connectivity index (χ3n) is 2.72. The van der Waals surface area contributed by atoms with Crippen LogP contribution in [0.2, 0.25) is 5.15 Å². The highest BCUT2D eigenvalue weighted by Crippen LogP contribution is 2.31. The van der Waals surface area contributed by atoms with Gasteiger partial charge >= 0.3 is 5.97 Å². The van der Waals surface area contributed by atoms with E-state index in [9.17, 15) is 14.3 Å². The lowest BCUT2D eigenvalue weighted by atomic mass is 10.2. The lowest BCUT2D eigenvalue weighted by Crippen LogP contribution is -2.05. The van der Waals surface area contributed by atoms with E-state index in [4.69, 9.17) is 11.6 Å². The van der Waals surface area contributed by atoms with Crippen LogP contribution in [0.5, 0.6) is 0 Å². The van der Waals surface area contributed by atoms with Gasteiger partial charge in [-0.3, -0.25) is 0 Å². The third-order valence-corrected chi connectivity index (χ3v) is 3.12. The van der Waals surface area contributed by atoms with Gasteiger partial charge in [0.1, 0.15) is 16.5 Å². The number of nitrogens with zero attached hydrogens (tertiary/aromatic N) is 1. The van der Waals surface area contributed by atoms with Crippen molar-refractivity contribution in [2.45, 2.75) is 20.4 Å². The Labute approximate surface area is 109 Å². The maximum Gasteiger partial charge on any atom is 0.339 e. The van der Waals surface area contributed by atoms with E-state index in [-0.39, 0.29) is 10.7 Å². The molecule has 0 aliphatic carbocycles. The highest BCUT2D eigenvalue weighted by atomic mass is 35.5. The van der Waals surface area contributed by atoms with Gasteiger partial charge in [0.15, 0.2) is 0 Å². The van der Waals surface area contributed by atoms with Gasteiger partial charge in [-0.2, -0.15) is 0 Å². The highest BCUT2D eigenvalue weighted by Gasteiger charge is 2.21. The summed E-state index contributed by atoms with van der Waals surface area (Å²) in [5.74, 6) is -1.30. The van der Waals surface area contributed by atoms with Gasteiger partial charge in [0.25, 0.3) is 0 Å². The number of carbonyl (C=O) groups is 1. The van der Waals surface area contributed by atoms with Gasteiger partial charge in [-0.1, -0.05) is 25.4 Å². The average molecular weight is 270 g/mol. The molecule has 2 aromatic rings. The molecule has 0 saturated carbocycles. The summed E-state index contributed by atoms with van der Waals surface area (Å²) in [6.07, 6.45) is 0. The van der Waals surface area contributed by atoms with Gasteiger partial charge < -0.3 is 9.67 Å². The number of halogens is 2. The minimum atomic E-state index is -1.14. The van der Waals surface area contributed by atoms with Crippen molar-refractivity contribution in [3.63, 3.8) is 0 Å². The van der Waals surface area contributed by atoms with Gasteiger partial charge in [0.05, 0.1) is 5.52 Å². The fourth-order valence-corrected chi connectivity index (χ4v) is 2.39. The zero-order valence-corrected chi connectivity index (χ0v) is 10.8. The van der Waals surface area contributed by atoms with Gasteiger partial charge in [0, 0.05) is 11.9 Å². The molecule has 1 aromatic heterocycles. The summed E-state index contributed by atoms with van der Waals surface area (Å²) in [7, 11) is 0. The van der Waals surface area contributed by atoms with Crippen LogP contribution in [0.4, 0.5) is 4.39 Å².